The second-order valence-electron chi connectivity index (χ2n) is 5.72. The molecule has 0 fully saturated rings. The molecule has 0 saturated carbocycles. The van der Waals surface area contributed by atoms with Crippen molar-refractivity contribution in [2.24, 2.45) is 0 Å². The Hall–Kier alpha value is -2.08. The molecule has 0 radical (unpaired) electrons. The molecule has 0 atom stereocenters. The Labute approximate surface area is 150 Å². The summed E-state index contributed by atoms with van der Waals surface area (Å²) in [7, 11) is 0. The van der Waals surface area contributed by atoms with Crippen molar-refractivity contribution in [3.05, 3.63) is 59.2 Å². The van der Waals surface area contributed by atoms with Gasteiger partial charge in [-0.3, -0.25) is 4.79 Å². The van der Waals surface area contributed by atoms with Crippen molar-refractivity contribution in [2.75, 3.05) is 23.4 Å². The third kappa shape index (κ3) is 6.38. The minimum absolute atomic E-state index is 0.136. The number of hydrogen-bond acceptors (Lipinski definition) is 3. The molecule has 0 aliphatic carbocycles. The summed E-state index contributed by atoms with van der Waals surface area (Å²) in [5.41, 5.74) is 1.91. The van der Waals surface area contributed by atoms with Crippen LogP contribution in [0.3, 0.4) is 0 Å². The first-order valence-corrected chi connectivity index (χ1v) is 9.14. The van der Waals surface area contributed by atoms with Gasteiger partial charge in [-0.1, -0.05) is 12.1 Å². The Kier molecular flexibility index (Phi) is 7.25. The van der Waals surface area contributed by atoms with Gasteiger partial charge in [0.25, 0.3) is 0 Å². The van der Waals surface area contributed by atoms with Crippen LogP contribution in [0, 0.1) is 25.5 Å². The molecule has 0 heterocycles. The number of benzene rings is 2. The summed E-state index contributed by atoms with van der Waals surface area (Å²) in [4.78, 5) is 11.7. The molecule has 2 rings (SSSR count). The lowest BCUT2D eigenvalue weighted by Crippen LogP contribution is -2.16. The highest BCUT2D eigenvalue weighted by Gasteiger charge is 2.11. The summed E-state index contributed by atoms with van der Waals surface area (Å²) in [6.07, 6.45) is 0.777. The van der Waals surface area contributed by atoms with Gasteiger partial charge in [0.05, 0.1) is 12.4 Å². The van der Waals surface area contributed by atoms with Crippen LogP contribution in [0.15, 0.2) is 36.4 Å². The number of nitrogens with one attached hydrogen (secondary N) is 1. The summed E-state index contributed by atoms with van der Waals surface area (Å²) < 4.78 is 32.6. The Morgan fingerprint density at radius 1 is 1.12 bits per heavy atom. The van der Waals surface area contributed by atoms with E-state index in [1.807, 2.05) is 26.0 Å². The third-order valence-corrected chi connectivity index (χ3v) is 4.40. The van der Waals surface area contributed by atoms with E-state index in [9.17, 15) is 13.6 Å². The largest absolute Gasteiger partial charge is 0.494 e. The molecule has 134 valence electrons. The fourth-order valence-electron chi connectivity index (χ4n) is 2.32. The minimum atomic E-state index is -0.778. The maximum Gasteiger partial charge on any atom is 0.234 e. The topological polar surface area (TPSA) is 38.3 Å². The van der Waals surface area contributed by atoms with Crippen LogP contribution in [0.2, 0.25) is 0 Å². The van der Waals surface area contributed by atoms with Gasteiger partial charge in [-0.2, -0.15) is 11.8 Å². The van der Waals surface area contributed by atoms with Crippen molar-refractivity contribution < 1.29 is 18.3 Å². The highest BCUT2D eigenvalue weighted by Crippen LogP contribution is 2.19. The number of hydrogen-bond donors (Lipinski definition) is 1. The van der Waals surface area contributed by atoms with E-state index in [2.05, 4.69) is 11.4 Å². The van der Waals surface area contributed by atoms with Crippen molar-refractivity contribution in [3.8, 4) is 5.75 Å². The van der Waals surface area contributed by atoms with Gasteiger partial charge in [0.15, 0.2) is 0 Å². The van der Waals surface area contributed by atoms with Gasteiger partial charge in [0, 0.05) is 0 Å². The predicted molar refractivity (Wildman–Crippen MR) is 98.3 cm³/mol. The van der Waals surface area contributed by atoms with E-state index in [1.54, 1.807) is 0 Å². The van der Waals surface area contributed by atoms with E-state index in [0.29, 0.717) is 6.61 Å². The van der Waals surface area contributed by atoms with E-state index in [0.717, 1.165) is 41.2 Å². The number of carbonyl (C=O) groups is 1. The van der Waals surface area contributed by atoms with Crippen LogP contribution < -0.4 is 10.1 Å². The summed E-state index contributed by atoms with van der Waals surface area (Å²) in [5, 5.41) is 2.27. The SMILES string of the molecule is Cc1cc(C)cc(OCCCSCC(=O)Nc2c(F)cccc2F)c1. The number of thioether (sulfide) groups is 1. The number of anilines is 1. The van der Waals surface area contributed by atoms with Crippen LogP contribution in [0.5, 0.6) is 5.75 Å². The lowest BCUT2D eigenvalue weighted by molar-refractivity contribution is -0.113. The molecule has 0 saturated heterocycles. The van der Waals surface area contributed by atoms with Crippen molar-refractivity contribution in [1.82, 2.24) is 0 Å². The van der Waals surface area contributed by atoms with Crippen molar-refractivity contribution in [2.45, 2.75) is 20.3 Å². The molecular formula is C19H21F2NO2S. The summed E-state index contributed by atoms with van der Waals surface area (Å²) in [6, 6.07) is 9.52. The molecule has 2 aromatic rings. The summed E-state index contributed by atoms with van der Waals surface area (Å²) >= 11 is 1.40. The highest BCUT2D eigenvalue weighted by atomic mass is 32.2. The fourth-order valence-corrected chi connectivity index (χ4v) is 3.05. The van der Waals surface area contributed by atoms with Crippen molar-refractivity contribution in [1.29, 1.82) is 0 Å². The van der Waals surface area contributed by atoms with Gasteiger partial charge >= 0.3 is 0 Å². The zero-order valence-corrected chi connectivity index (χ0v) is 15.1. The van der Waals surface area contributed by atoms with Gasteiger partial charge in [0.1, 0.15) is 23.1 Å². The van der Waals surface area contributed by atoms with Gasteiger partial charge in [-0.25, -0.2) is 8.78 Å². The minimum Gasteiger partial charge on any atom is -0.494 e. The average Bonchev–Trinajstić information content (AvgIpc) is 2.53. The van der Waals surface area contributed by atoms with Crippen LogP contribution in [-0.2, 0) is 4.79 Å². The number of aryl methyl sites for hydroxylation is 2. The van der Waals surface area contributed by atoms with Crippen LogP contribution >= 0.6 is 11.8 Å². The molecule has 0 aromatic heterocycles. The smallest absolute Gasteiger partial charge is 0.234 e. The van der Waals surface area contributed by atoms with Crippen LogP contribution in [0.1, 0.15) is 17.5 Å². The van der Waals surface area contributed by atoms with Gasteiger partial charge in [0.2, 0.25) is 5.91 Å². The first-order valence-electron chi connectivity index (χ1n) is 7.98. The fraction of sp³-hybridized carbons (Fsp3) is 0.316. The normalized spacial score (nSPS) is 10.6. The van der Waals surface area contributed by atoms with E-state index in [4.69, 9.17) is 4.74 Å². The number of carbonyl (C=O) groups excluding carboxylic acids is 1. The number of halogens is 2. The van der Waals surface area contributed by atoms with E-state index >= 15 is 0 Å². The van der Waals surface area contributed by atoms with E-state index in [1.165, 1.54) is 17.8 Å². The number of ether oxygens (including phenoxy) is 1. The monoisotopic (exact) mass is 365 g/mol. The molecule has 0 spiro atoms. The molecule has 0 aliphatic rings. The zero-order valence-electron chi connectivity index (χ0n) is 14.3. The molecule has 25 heavy (non-hydrogen) atoms. The predicted octanol–water partition coefficient (Wildman–Crippen LogP) is 4.72. The number of para-hydroxylation sites is 1. The molecule has 0 aliphatic heterocycles. The van der Waals surface area contributed by atoms with Crippen molar-refractivity contribution in [3.63, 3.8) is 0 Å². The maximum atomic E-state index is 13.4. The Morgan fingerprint density at radius 3 is 2.40 bits per heavy atom. The third-order valence-electron chi connectivity index (χ3n) is 3.36. The van der Waals surface area contributed by atoms with Crippen molar-refractivity contribution >= 4 is 23.4 Å². The molecule has 2 aromatic carbocycles. The first kappa shape index (κ1) is 19.2. The first-order chi connectivity index (χ1) is 12.0. The standard InChI is InChI=1S/C19H21F2NO2S/c1-13-9-14(2)11-15(10-13)24-7-4-8-25-12-18(23)22-19-16(20)5-3-6-17(19)21/h3,5-6,9-11H,4,7-8,12H2,1-2H3,(H,22,23). The molecule has 3 nitrogen and oxygen atoms in total. The number of amides is 1. The second kappa shape index (κ2) is 9.42. The van der Waals surface area contributed by atoms with Crippen LogP contribution in [0.25, 0.3) is 0 Å². The Balaban J connectivity index is 1.65. The average molecular weight is 365 g/mol. The zero-order chi connectivity index (χ0) is 18.2. The maximum absolute atomic E-state index is 13.4. The van der Waals surface area contributed by atoms with E-state index in [-0.39, 0.29) is 5.75 Å². The number of rotatable bonds is 8. The van der Waals surface area contributed by atoms with Gasteiger partial charge < -0.3 is 10.1 Å². The molecule has 0 bridgehead atoms. The molecule has 0 unspecified atom stereocenters. The van der Waals surface area contributed by atoms with Crippen LogP contribution in [0.4, 0.5) is 14.5 Å². The quantitative estimate of drug-likeness (QED) is 0.688. The molecule has 1 amide bonds. The van der Waals surface area contributed by atoms with E-state index < -0.39 is 23.2 Å². The second-order valence-corrected chi connectivity index (χ2v) is 6.83. The molecule has 6 heteroatoms. The highest BCUT2D eigenvalue weighted by molar-refractivity contribution is 7.99. The summed E-state index contributed by atoms with van der Waals surface area (Å²) in [5.74, 6) is -0.283. The lowest BCUT2D eigenvalue weighted by atomic mass is 10.1. The lowest BCUT2D eigenvalue weighted by Gasteiger charge is -2.09. The summed E-state index contributed by atoms with van der Waals surface area (Å²) in [6.45, 7) is 4.60. The Morgan fingerprint density at radius 2 is 1.76 bits per heavy atom. The van der Waals surface area contributed by atoms with Crippen LogP contribution in [-0.4, -0.2) is 24.0 Å². The molecule has 1 N–H and O–H groups in total. The van der Waals surface area contributed by atoms with Gasteiger partial charge in [-0.05, 0) is 61.4 Å². The van der Waals surface area contributed by atoms with Gasteiger partial charge in [-0.15, -0.1) is 0 Å². The Bertz CT molecular complexity index is 697. The molecular weight excluding hydrogens is 344 g/mol.